The zero-order valence-electron chi connectivity index (χ0n) is 8.95. The van der Waals surface area contributed by atoms with Crippen LogP contribution in [0.5, 0.6) is 0 Å². The smallest absolute Gasteiger partial charge is 0.258 e. The summed E-state index contributed by atoms with van der Waals surface area (Å²) in [5.74, 6) is 0.0118. The molecule has 0 saturated heterocycles. The van der Waals surface area contributed by atoms with Crippen LogP contribution in [0.1, 0.15) is 10.4 Å². The lowest BCUT2D eigenvalue weighted by Gasteiger charge is -2.06. The maximum atomic E-state index is 11.9. The van der Waals surface area contributed by atoms with Gasteiger partial charge in [0.05, 0.1) is 20.6 Å². The third-order valence-electron chi connectivity index (χ3n) is 2.17. The number of halogens is 3. The minimum atomic E-state index is -0.377. The Balaban J connectivity index is 2.22. The lowest BCUT2D eigenvalue weighted by Crippen LogP contribution is -2.13. The number of pyridine rings is 1. The van der Waals surface area contributed by atoms with Crippen LogP contribution in [0.25, 0.3) is 0 Å². The van der Waals surface area contributed by atoms with Crippen molar-refractivity contribution >= 4 is 46.5 Å². The molecule has 0 fully saturated rings. The van der Waals surface area contributed by atoms with Crippen molar-refractivity contribution < 1.29 is 4.79 Å². The zero-order chi connectivity index (χ0) is 13.1. The number of aromatic nitrogens is 1. The molecule has 2 rings (SSSR count). The van der Waals surface area contributed by atoms with Crippen LogP contribution in [0.4, 0.5) is 5.82 Å². The van der Waals surface area contributed by atoms with Gasteiger partial charge in [0.1, 0.15) is 5.82 Å². The number of hydrogen-bond acceptors (Lipinski definition) is 2. The Labute approximate surface area is 119 Å². The highest BCUT2D eigenvalue weighted by Gasteiger charge is 2.12. The maximum Gasteiger partial charge on any atom is 0.258 e. The van der Waals surface area contributed by atoms with E-state index in [2.05, 4.69) is 10.3 Å². The van der Waals surface area contributed by atoms with Crippen molar-refractivity contribution in [1.29, 1.82) is 0 Å². The fraction of sp³-hybridized carbons (Fsp3) is 0. The fourth-order valence-corrected chi connectivity index (χ4v) is 1.81. The Morgan fingerprint density at radius 3 is 2.56 bits per heavy atom. The molecule has 1 aromatic heterocycles. The van der Waals surface area contributed by atoms with Gasteiger partial charge in [0, 0.05) is 6.20 Å². The number of rotatable bonds is 2. The van der Waals surface area contributed by atoms with E-state index in [1.807, 2.05) is 0 Å². The molecule has 18 heavy (non-hydrogen) atoms. The molecule has 0 saturated carbocycles. The van der Waals surface area contributed by atoms with Gasteiger partial charge in [-0.2, -0.15) is 0 Å². The van der Waals surface area contributed by atoms with Gasteiger partial charge in [0.2, 0.25) is 0 Å². The Morgan fingerprint density at radius 1 is 1.11 bits per heavy atom. The van der Waals surface area contributed by atoms with Crippen molar-refractivity contribution in [3.05, 3.63) is 57.2 Å². The van der Waals surface area contributed by atoms with Gasteiger partial charge in [-0.15, -0.1) is 0 Å². The topological polar surface area (TPSA) is 42.0 Å². The number of amides is 1. The predicted molar refractivity (Wildman–Crippen MR) is 73.7 cm³/mol. The minimum Gasteiger partial charge on any atom is -0.307 e. The number of nitrogens with zero attached hydrogens (tertiary/aromatic N) is 1. The molecule has 6 heteroatoms. The molecule has 0 radical (unpaired) electrons. The highest BCUT2D eigenvalue weighted by molar-refractivity contribution is 6.44. The second-order valence-corrected chi connectivity index (χ2v) is 4.64. The summed E-state index contributed by atoms with van der Waals surface area (Å²) in [5.41, 5.74) is 0.293. The third-order valence-corrected chi connectivity index (χ3v) is 3.21. The number of anilines is 1. The normalized spacial score (nSPS) is 10.2. The second kappa shape index (κ2) is 5.57. The molecule has 0 bridgehead atoms. The van der Waals surface area contributed by atoms with Crippen LogP contribution in [0.15, 0.2) is 36.5 Å². The average molecular weight is 302 g/mol. The standard InChI is InChI=1S/C12H7Cl3N2O/c13-7-4-5-10(16-6-7)17-12(18)8-2-1-3-9(14)11(8)15/h1-6H,(H,16,17,18). The first-order valence-electron chi connectivity index (χ1n) is 4.95. The molecule has 3 nitrogen and oxygen atoms in total. The molecule has 92 valence electrons. The molecule has 0 atom stereocenters. The Bertz CT molecular complexity index is 584. The van der Waals surface area contributed by atoms with Crippen LogP contribution >= 0.6 is 34.8 Å². The lowest BCUT2D eigenvalue weighted by molar-refractivity contribution is 0.102. The van der Waals surface area contributed by atoms with Crippen LogP contribution < -0.4 is 5.32 Å². The highest BCUT2D eigenvalue weighted by Crippen LogP contribution is 2.26. The molecular formula is C12H7Cl3N2O. The Hall–Kier alpha value is -1.29. The lowest BCUT2D eigenvalue weighted by atomic mass is 10.2. The molecule has 1 amide bonds. The van der Waals surface area contributed by atoms with Crippen molar-refractivity contribution in [2.75, 3.05) is 5.32 Å². The molecule has 0 aliphatic heterocycles. The van der Waals surface area contributed by atoms with Crippen LogP contribution in [-0.4, -0.2) is 10.9 Å². The number of carbonyl (C=O) groups is 1. The summed E-state index contributed by atoms with van der Waals surface area (Å²) in [4.78, 5) is 15.9. The summed E-state index contributed by atoms with van der Waals surface area (Å²) >= 11 is 17.5. The Morgan fingerprint density at radius 2 is 1.89 bits per heavy atom. The van der Waals surface area contributed by atoms with Crippen LogP contribution in [0, 0.1) is 0 Å². The fourth-order valence-electron chi connectivity index (χ4n) is 1.31. The molecule has 1 heterocycles. The van der Waals surface area contributed by atoms with E-state index in [0.29, 0.717) is 21.4 Å². The summed E-state index contributed by atoms with van der Waals surface area (Å²) in [6.07, 6.45) is 1.44. The highest BCUT2D eigenvalue weighted by atomic mass is 35.5. The van der Waals surface area contributed by atoms with Gasteiger partial charge in [-0.1, -0.05) is 40.9 Å². The molecule has 2 aromatic rings. The third kappa shape index (κ3) is 2.93. The van der Waals surface area contributed by atoms with Crippen LogP contribution in [0.2, 0.25) is 15.1 Å². The predicted octanol–water partition coefficient (Wildman–Crippen LogP) is 4.29. The van der Waals surface area contributed by atoms with Crippen molar-refractivity contribution in [1.82, 2.24) is 4.98 Å². The van der Waals surface area contributed by atoms with Crippen molar-refractivity contribution in [2.45, 2.75) is 0 Å². The number of hydrogen-bond donors (Lipinski definition) is 1. The zero-order valence-corrected chi connectivity index (χ0v) is 11.2. The van der Waals surface area contributed by atoms with Crippen LogP contribution in [-0.2, 0) is 0 Å². The van der Waals surface area contributed by atoms with E-state index in [1.165, 1.54) is 6.20 Å². The monoisotopic (exact) mass is 300 g/mol. The minimum absolute atomic E-state index is 0.214. The summed E-state index contributed by atoms with van der Waals surface area (Å²) in [5, 5.41) is 3.64. The van der Waals surface area contributed by atoms with Gasteiger partial charge < -0.3 is 5.32 Å². The van der Waals surface area contributed by atoms with E-state index >= 15 is 0 Å². The van der Waals surface area contributed by atoms with E-state index in [4.69, 9.17) is 34.8 Å². The molecule has 1 aromatic carbocycles. The quantitative estimate of drug-likeness (QED) is 0.899. The van der Waals surface area contributed by atoms with Crippen molar-refractivity contribution in [2.24, 2.45) is 0 Å². The number of nitrogens with one attached hydrogen (secondary N) is 1. The van der Waals surface area contributed by atoms with Gasteiger partial charge >= 0.3 is 0 Å². The first-order valence-corrected chi connectivity index (χ1v) is 6.08. The molecule has 0 aliphatic rings. The van der Waals surface area contributed by atoms with Crippen molar-refractivity contribution in [3.8, 4) is 0 Å². The van der Waals surface area contributed by atoms with E-state index in [9.17, 15) is 4.79 Å². The summed E-state index contributed by atoms with van der Waals surface area (Å²) < 4.78 is 0. The second-order valence-electron chi connectivity index (χ2n) is 3.42. The number of carbonyl (C=O) groups excluding carboxylic acids is 1. The maximum absolute atomic E-state index is 11.9. The molecule has 0 unspecified atom stereocenters. The van der Waals surface area contributed by atoms with Crippen molar-refractivity contribution in [3.63, 3.8) is 0 Å². The van der Waals surface area contributed by atoms with Gasteiger partial charge in [0.25, 0.3) is 5.91 Å². The van der Waals surface area contributed by atoms with Gasteiger partial charge in [-0.05, 0) is 24.3 Å². The first-order chi connectivity index (χ1) is 8.58. The Kier molecular flexibility index (Phi) is 4.07. The molecule has 1 N–H and O–H groups in total. The number of benzene rings is 1. The molecule has 0 spiro atoms. The van der Waals surface area contributed by atoms with Crippen LogP contribution in [0.3, 0.4) is 0 Å². The van der Waals surface area contributed by atoms with Gasteiger partial charge in [-0.3, -0.25) is 4.79 Å². The summed E-state index contributed by atoms with van der Waals surface area (Å²) in [7, 11) is 0. The SMILES string of the molecule is O=C(Nc1ccc(Cl)cn1)c1cccc(Cl)c1Cl. The van der Waals surface area contributed by atoms with Gasteiger partial charge in [0.15, 0.2) is 0 Å². The van der Waals surface area contributed by atoms with Gasteiger partial charge in [-0.25, -0.2) is 4.98 Å². The summed E-state index contributed by atoms with van der Waals surface area (Å²) in [6, 6.07) is 8.07. The average Bonchev–Trinajstić information content (AvgIpc) is 2.35. The summed E-state index contributed by atoms with van der Waals surface area (Å²) in [6.45, 7) is 0. The molecular weight excluding hydrogens is 295 g/mol. The van der Waals surface area contributed by atoms with E-state index < -0.39 is 0 Å². The van der Waals surface area contributed by atoms with E-state index in [1.54, 1.807) is 30.3 Å². The van der Waals surface area contributed by atoms with E-state index in [-0.39, 0.29) is 10.9 Å². The van der Waals surface area contributed by atoms with E-state index in [0.717, 1.165) is 0 Å². The largest absolute Gasteiger partial charge is 0.307 e. The first kappa shape index (κ1) is 13.1. The molecule has 0 aliphatic carbocycles.